The highest BCUT2D eigenvalue weighted by Crippen LogP contribution is 2.56. The highest BCUT2D eigenvalue weighted by molar-refractivity contribution is 6.40. The van der Waals surface area contributed by atoms with E-state index in [-0.39, 0.29) is 38.1 Å². The summed E-state index contributed by atoms with van der Waals surface area (Å²) in [4.78, 5) is 28.6. The highest BCUT2D eigenvalue weighted by atomic mass is 35.5. The third-order valence-corrected chi connectivity index (χ3v) is 6.74. The van der Waals surface area contributed by atoms with Gasteiger partial charge in [-0.2, -0.15) is 5.10 Å². The highest BCUT2D eigenvalue weighted by Gasteiger charge is 2.51. The van der Waals surface area contributed by atoms with Gasteiger partial charge in [0, 0.05) is 17.2 Å². The summed E-state index contributed by atoms with van der Waals surface area (Å²) in [5.41, 5.74) is 1.64. The Morgan fingerprint density at radius 2 is 1.94 bits per heavy atom. The molecule has 1 spiro atoms. The molecule has 5 rings (SSSR count). The Morgan fingerprint density at radius 1 is 1.16 bits per heavy atom. The minimum Gasteiger partial charge on any atom is -0.478 e. The number of carboxylic acids is 1. The summed E-state index contributed by atoms with van der Waals surface area (Å²) in [7, 11) is 0. The zero-order valence-corrected chi connectivity index (χ0v) is 17.7. The number of aromatic carboxylic acids is 1. The van der Waals surface area contributed by atoms with Gasteiger partial charge in [0.2, 0.25) is 5.78 Å². The number of aromatic nitrogens is 3. The predicted octanol–water partition coefficient (Wildman–Crippen LogP) is 5.01. The Bertz CT molecular complexity index is 1250. The van der Waals surface area contributed by atoms with E-state index >= 15 is 0 Å². The van der Waals surface area contributed by atoms with Crippen LogP contribution < -0.4 is 0 Å². The van der Waals surface area contributed by atoms with Gasteiger partial charge < -0.3 is 5.11 Å². The van der Waals surface area contributed by atoms with Crippen LogP contribution in [-0.2, 0) is 11.8 Å². The van der Waals surface area contributed by atoms with Gasteiger partial charge in [-0.05, 0) is 56.4 Å². The minimum atomic E-state index is -1.22. The maximum atomic E-state index is 14.9. The number of rotatable bonds is 4. The Labute approximate surface area is 186 Å². The standard InChI is InChI=1S/C22H16Cl2FN3O3/c23-13-5-9-26-20(24)16(13)18(29)17-12-2-1-6-22(7-8-22)19(12)28(27-17)15-4-3-11(21(30)31)10-14(15)25/h3-5,9-10H,1-2,6-8H2,(H,30,31). The van der Waals surface area contributed by atoms with Crippen molar-refractivity contribution in [3.63, 3.8) is 0 Å². The summed E-state index contributed by atoms with van der Waals surface area (Å²) < 4.78 is 16.4. The molecule has 1 aromatic carbocycles. The summed E-state index contributed by atoms with van der Waals surface area (Å²) in [6.07, 6.45) is 5.73. The number of fused-ring (bicyclic) bond motifs is 2. The maximum Gasteiger partial charge on any atom is 0.335 e. The first-order chi connectivity index (χ1) is 14.8. The van der Waals surface area contributed by atoms with Crippen LogP contribution >= 0.6 is 23.2 Å². The smallest absolute Gasteiger partial charge is 0.335 e. The van der Waals surface area contributed by atoms with Gasteiger partial charge in [-0.1, -0.05) is 23.2 Å². The molecule has 6 nitrogen and oxygen atoms in total. The number of pyridine rings is 1. The molecule has 2 aliphatic rings. The molecule has 2 aromatic heterocycles. The van der Waals surface area contributed by atoms with Crippen molar-refractivity contribution in [3.05, 3.63) is 74.5 Å². The van der Waals surface area contributed by atoms with Crippen LogP contribution in [0.3, 0.4) is 0 Å². The summed E-state index contributed by atoms with van der Waals surface area (Å²) >= 11 is 12.4. The summed E-state index contributed by atoms with van der Waals surface area (Å²) in [5, 5.41) is 13.8. The minimum absolute atomic E-state index is 0.0188. The first-order valence-electron chi connectivity index (χ1n) is 9.83. The monoisotopic (exact) mass is 459 g/mol. The molecule has 9 heteroatoms. The van der Waals surface area contributed by atoms with Crippen LogP contribution in [-0.4, -0.2) is 31.6 Å². The van der Waals surface area contributed by atoms with E-state index < -0.39 is 17.6 Å². The lowest BCUT2D eigenvalue weighted by Crippen LogP contribution is -2.20. The average Bonchev–Trinajstić information content (AvgIpc) is 3.37. The fourth-order valence-electron chi connectivity index (χ4n) is 4.50. The van der Waals surface area contributed by atoms with Crippen LogP contribution in [0.4, 0.5) is 4.39 Å². The number of carbonyl (C=O) groups excluding carboxylic acids is 1. The van der Waals surface area contributed by atoms with Gasteiger partial charge in [-0.15, -0.1) is 0 Å². The van der Waals surface area contributed by atoms with Crippen LogP contribution in [0.2, 0.25) is 10.2 Å². The second kappa shape index (κ2) is 7.14. The topological polar surface area (TPSA) is 85.1 Å². The van der Waals surface area contributed by atoms with Gasteiger partial charge in [0.25, 0.3) is 0 Å². The molecular weight excluding hydrogens is 444 g/mol. The molecule has 1 saturated carbocycles. The van der Waals surface area contributed by atoms with Crippen LogP contribution in [0, 0.1) is 5.82 Å². The van der Waals surface area contributed by atoms with Crippen LogP contribution in [0.1, 0.15) is 63.4 Å². The number of hydrogen-bond donors (Lipinski definition) is 1. The Kier molecular flexibility index (Phi) is 4.64. The first-order valence-corrected chi connectivity index (χ1v) is 10.6. The van der Waals surface area contributed by atoms with Crippen LogP contribution in [0.5, 0.6) is 0 Å². The lowest BCUT2D eigenvalue weighted by Gasteiger charge is -2.24. The zero-order valence-electron chi connectivity index (χ0n) is 16.2. The van der Waals surface area contributed by atoms with Gasteiger partial charge in [0.15, 0.2) is 0 Å². The van der Waals surface area contributed by atoms with E-state index in [2.05, 4.69) is 10.1 Å². The number of hydrogen-bond acceptors (Lipinski definition) is 4. The second-order valence-electron chi connectivity index (χ2n) is 7.98. The van der Waals surface area contributed by atoms with Crippen molar-refractivity contribution in [1.29, 1.82) is 0 Å². The number of halogens is 3. The lowest BCUT2D eigenvalue weighted by molar-refractivity contribution is 0.0696. The van der Waals surface area contributed by atoms with Crippen LogP contribution in [0.15, 0.2) is 30.5 Å². The molecule has 0 amide bonds. The van der Waals surface area contributed by atoms with E-state index in [9.17, 15) is 14.0 Å². The van der Waals surface area contributed by atoms with E-state index in [0.29, 0.717) is 6.42 Å². The van der Waals surface area contributed by atoms with Gasteiger partial charge in [-0.3, -0.25) is 4.79 Å². The quantitative estimate of drug-likeness (QED) is 0.437. The average molecular weight is 460 g/mol. The molecule has 3 aromatic rings. The second-order valence-corrected chi connectivity index (χ2v) is 8.75. The third-order valence-electron chi connectivity index (χ3n) is 6.14. The molecule has 1 N–H and O–H groups in total. The van der Waals surface area contributed by atoms with Crippen molar-refractivity contribution in [2.24, 2.45) is 0 Å². The molecule has 0 saturated heterocycles. The van der Waals surface area contributed by atoms with E-state index in [1.54, 1.807) is 0 Å². The Morgan fingerprint density at radius 3 is 2.58 bits per heavy atom. The maximum absolute atomic E-state index is 14.9. The fourth-order valence-corrected chi connectivity index (χ4v) is 5.02. The molecule has 0 atom stereocenters. The molecule has 2 aliphatic carbocycles. The number of nitrogens with zero attached hydrogens (tertiary/aromatic N) is 3. The van der Waals surface area contributed by atoms with Crippen molar-refractivity contribution < 1.29 is 19.1 Å². The van der Waals surface area contributed by atoms with E-state index in [1.165, 1.54) is 29.1 Å². The Balaban J connectivity index is 1.72. The molecule has 2 heterocycles. The van der Waals surface area contributed by atoms with E-state index in [0.717, 1.165) is 43.0 Å². The molecule has 31 heavy (non-hydrogen) atoms. The molecule has 0 unspecified atom stereocenters. The summed E-state index contributed by atoms with van der Waals surface area (Å²) in [5.74, 6) is -2.40. The van der Waals surface area contributed by atoms with E-state index in [4.69, 9.17) is 28.3 Å². The Hall–Kier alpha value is -2.77. The molecule has 1 fully saturated rings. The molecule has 158 valence electrons. The first kappa shape index (κ1) is 20.2. The lowest BCUT2D eigenvalue weighted by atomic mass is 9.83. The number of ketones is 1. The zero-order chi connectivity index (χ0) is 21.9. The van der Waals surface area contributed by atoms with Gasteiger partial charge in [-0.25, -0.2) is 18.9 Å². The van der Waals surface area contributed by atoms with Crippen LogP contribution in [0.25, 0.3) is 5.69 Å². The number of carbonyl (C=O) groups is 2. The van der Waals surface area contributed by atoms with Crippen molar-refractivity contribution in [2.75, 3.05) is 0 Å². The summed E-state index contributed by atoms with van der Waals surface area (Å²) in [6, 6.07) is 5.16. The van der Waals surface area contributed by atoms with Crippen molar-refractivity contribution in [3.8, 4) is 5.69 Å². The largest absolute Gasteiger partial charge is 0.478 e. The van der Waals surface area contributed by atoms with Crippen molar-refractivity contribution >= 4 is 35.0 Å². The molecule has 0 radical (unpaired) electrons. The fraction of sp³-hybridized carbons (Fsp3) is 0.273. The molecule has 0 aliphatic heterocycles. The van der Waals surface area contributed by atoms with Gasteiger partial charge >= 0.3 is 5.97 Å². The summed E-state index contributed by atoms with van der Waals surface area (Å²) in [6.45, 7) is 0. The van der Waals surface area contributed by atoms with Crippen molar-refractivity contribution in [1.82, 2.24) is 14.8 Å². The normalized spacial score (nSPS) is 16.2. The third kappa shape index (κ3) is 3.15. The predicted molar refractivity (Wildman–Crippen MR) is 112 cm³/mol. The van der Waals surface area contributed by atoms with Gasteiger partial charge in [0.05, 0.1) is 21.8 Å². The van der Waals surface area contributed by atoms with E-state index in [1.807, 2.05) is 0 Å². The number of benzene rings is 1. The SMILES string of the molecule is O=C(O)c1ccc(-n2nc(C(=O)c3c(Cl)ccnc3Cl)c3c2C2(CCC3)CC2)c(F)c1. The molecular formula is C22H16Cl2FN3O3. The van der Waals surface area contributed by atoms with Crippen molar-refractivity contribution in [2.45, 2.75) is 37.5 Å². The molecule has 0 bridgehead atoms. The van der Waals surface area contributed by atoms with Gasteiger partial charge in [0.1, 0.15) is 22.4 Å². The number of carboxylic acid groups (broad SMARTS) is 1.